The van der Waals surface area contributed by atoms with Crippen LogP contribution in [0.3, 0.4) is 0 Å². The van der Waals surface area contributed by atoms with Crippen LogP contribution in [-0.2, 0) is 16.1 Å². The molecule has 1 aliphatic rings. The Morgan fingerprint density at radius 1 is 1.14 bits per heavy atom. The highest BCUT2D eigenvalue weighted by atomic mass is 32.5. The molecule has 3 rings (SSSR count). The number of nitrogens with zero attached hydrogens (tertiary/aromatic N) is 2. The van der Waals surface area contributed by atoms with Gasteiger partial charge in [0.2, 0.25) is 5.91 Å². The fourth-order valence-electron chi connectivity index (χ4n) is 3.51. The van der Waals surface area contributed by atoms with E-state index in [-0.39, 0.29) is 41.9 Å². The van der Waals surface area contributed by atoms with Gasteiger partial charge in [-0.1, -0.05) is 31.6 Å². The SMILES string of the molecule is CC(C)(C)OC(=O)N1C[C@H](F)C[C@H]1C(=O)NCc1cc(-c2ccc(S(F)(F)(F)(F)F)cc2)ncc1F. The molecule has 0 saturated carbocycles. The fourth-order valence-corrected chi connectivity index (χ4v) is 4.16. The van der Waals surface area contributed by atoms with Gasteiger partial charge in [-0.15, -0.1) is 0 Å². The Bertz CT molecular complexity index is 1170. The number of likely N-dealkylation sites (tertiary alicyclic amines) is 1. The Morgan fingerprint density at radius 3 is 2.31 bits per heavy atom. The molecule has 0 radical (unpaired) electrons. The molecule has 1 N–H and O–H groups in total. The van der Waals surface area contributed by atoms with Crippen LogP contribution in [0, 0.1) is 5.82 Å². The Balaban J connectivity index is 1.74. The number of pyridine rings is 1. The number of aromatic nitrogens is 1. The van der Waals surface area contributed by atoms with Crippen LogP contribution in [0.2, 0.25) is 0 Å². The molecule has 200 valence electrons. The Morgan fingerprint density at radius 2 is 1.75 bits per heavy atom. The van der Waals surface area contributed by atoms with E-state index in [0.717, 1.165) is 29.3 Å². The van der Waals surface area contributed by atoms with Gasteiger partial charge in [-0.3, -0.25) is 14.7 Å². The minimum atomic E-state index is -9.85. The second kappa shape index (κ2) is 8.53. The van der Waals surface area contributed by atoms with E-state index >= 15 is 0 Å². The smallest absolute Gasteiger partial charge is 0.411 e. The first kappa shape index (κ1) is 27.6. The zero-order chi connectivity index (χ0) is 27.2. The zero-order valence-corrected chi connectivity index (χ0v) is 20.2. The van der Waals surface area contributed by atoms with E-state index < -0.39 is 57.3 Å². The molecule has 2 atom stereocenters. The van der Waals surface area contributed by atoms with Crippen molar-refractivity contribution in [1.82, 2.24) is 15.2 Å². The van der Waals surface area contributed by atoms with Crippen molar-refractivity contribution < 1.29 is 42.5 Å². The second-order valence-electron chi connectivity index (χ2n) is 9.35. The molecule has 2 aromatic rings. The highest BCUT2D eigenvalue weighted by Crippen LogP contribution is 3.02. The molecule has 1 saturated heterocycles. The minimum Gasteiger partial charge on any atom is -0.444 e. The lowest BCUT2D eigenvalue weighted by atomic mass is 10.1. The quantitative estimate of drug-likeness (QED) is 0.437. The first-order chi connectivity index (χ1) is 16.2. The van der Waals surface area contributed by atoms with Gasteiger partial charge in [-0.05, 0) is 39.0 Å². The van der Waals surface area contributed by atoms with Gasteiger partial charge in [0.25, 0.3) is 0 Å². The summed E-state index contributed by atoms with van der Waals surface area (Å²) < 4.78 is 98.1. The molecular weight excluding hydrogens is 519 g/mol. The predicted molar refractivity (Wildman–Crippen MR) is 119 cm³/mol. The summed E-state index contributed by atoms with van der Waals surface area (Å²) in [7, 11) is -9.85. The average molecular weight is 544 g/mol. The largest absolute Gasteiger partial charge is 0.444 e. The van der Waals surface area contributed by atoms with Gasteiger partial charge in [0.15, 0.2) is 0 Å². The van der Waals surface area contributed by atoms with Gasteiger partial charge in [0.1, 0.15) is 28.5 Å². The maximum atomic E-state index is 14.3. The Hall–Kier alpha value is -3.03. The molecule has 0 bridgehead atoms. The number of nitrogens with one attached hydrogen (secondary N) is 1. The monoisotopic (exact) mass is 543 g/mol. The van der Waals surface area contributed by atoms with Gasteiger partial charge in [0, 0.05) is 24.1 Å². The first-order valence-corrected chi connectivity index (χ1v) is 12.6. The van der Waals surface area contributed by atoms with Crippen LogP contribution in [0.4, 0.5) is 33.0 Å². The van der Waals surface area contributed by atoms with Crippen molar-refractivity contribution in [2.75, 3.05) is 6.54 Å². The number of halogens is 7. The van der Waals surface area contributed by atoms with Crippen LogP contribution < -0.4 is 5.32 Å². The van der Waals surface area contributed by atoms with E-state index in [1.54, 1.807) is 20.8 Å². The summed E-state index contributed by atoms with van der Waals surface area (Å²) in [4.78, 5) is 27.6. The van der Waals surface area contributed by atoms with Gasteiger partial charge in [-0.25, -0.2) is 13.6 Å². The number of amides is 2. The Labute approximate surface area is 202 Å². The van der Waals surface area contributed by atoms with Crippen molar-refractivity contribution >= 4 is 22.2 Å². The number of hydrogen-bond donors (Lipinski definition) is 1. The lowest BCUT2D eigenvalue weighted by Gasteiger charge is -2.40. The minimum absolute atomic E-state index is 0.000316. The molecule has 36 heavy (non-hydrogen) atoms. The molecule has 6 nitrogen and oxygen atoms in total. The highest BCUT2D eigenvalue weighted by Gasteiger charge is 2.65. The molecule has 2 amide bonds. The van der Waals surface area contributed by atoms with Crippen LogP contribution in [-0.4, -0.2) is 46.2 Å². The van der Waals surface area contributed by atoms with Gasteiger partial charge >= 0.3 is 16.3 Å². The number of ether oxygens (including phenoxy) is 1. The highest BCUT2D eigenvalue weighted by molar-refractivity contribution is 8.45. The standard InChI is InChI=1S/C22H24F7N3O3S/c1-22(2,3)35-21(34)32-12-15(23)9-19(32)20(33)31-10-14-8-18(30-11-17(14)24)13-4-6-16(7-5-13)36(25,26,27,28)29/h4-8,11,15,19H,9-10,12H2,1-3H3,(H,31,33)/t15-,19+/m1/s1. The number of alkyl halides is 1. The van der Waals surface area contributed by atoms with Crippen molar-refractivity contribution in [3.63, 3.8) is 0 Å². The van der Waals surface area contributed by atoms with Crippen LogP contribution in [0.1, 0.15) is 32.8 Å². The summed E-state index contributed by atoms with van der Waals surface area (Å²) in [6, 6.07) is 1.90. The van der Waals surface area contributed by atoms with E-state index in [2.05, 4.69) is 10.3 Å². The molecule has 0 aliphatic carbocycles. The van der Waals surface area contributed by atoms with Crippen molar-refractivity contribution in [2.45, 2.75) is 56.4 Å². The van der Waals surface area contributed by atoms with Gasteiger partial charge in [-0.2, -0.15) is 0 Å². The number of benzene rings is 1. The first-order valence-electron chi connectivity index (χ1n) is 10.6. The number of carbonyl (C=O) groups is 2. The zero-order valence-electron chi connectivity index (χ0n) is 19.4. The van der Waals surface area contributed by atoms with Crippen LogP contribution in [0.15, 0.2) is 41.4 Å². The van der Waals surface area contributed by atoms with Crippen LogP contribution in [0.25, 0.3) is 11.3 Å². The van der Waals surface area contributed by atoms with Crippen LogP contribution >= 0.6 is 10.2 Å². The van der Waals surface area contributed by atoms with Crippen molar-refractivity contribution in [3.05, 3.63) is 47.9 Å². The van der Waals surface area contributed by atoms with Crippen molar-refractivity contribution in [1.29, 1.82) is 0 Å². The van der Waals surface area contributed by atoms with E-state index in [1.807, 2.05) is 0 Å². The van der Waals surface area contributed by atoms with E-state index in [1.165, 1.54) is 0 Å². The summed E-state index contributed by atoms with van der Waals surface area (Å²) in [5.41, 5.74) is -1.03. The summed E-state index contributed by atoms with van der Waals surface area (Å²) >= 11 is 0. The number of hydrogen-bond acceptors (Lipinski definition) is 4. The van der Waals surface area contributed by atoms with Gasteiger partial charge in [0.05, 0.1) is 18.4 Å². The summed E-state index contributed by atoms with van der Waals surface area (Å²) in [5, 5.41) is 2.40. The molecule has 1 aromatic heterocycles. The van der Waals surface area contributed by atoms with Crippen LogP contribution in [0.5, 0.6) is 0 Å². The third kappa shape index (κ3) is 6.80. The summed E-state index contributed by atoms with van der Waals surface area (Å²) in [5.74, 6) is -1.62. The van der Waals surface area contributed by atoms with Gasteiger partial charge < -0.3 is 10.1 Å². The third-order valence-electron chi connectivity index (χ3n) is 5.16. The normalized spacial score (nSPS) is 20.4. The predicted octanol–water partition coefficient (Wildman–Crippen LogP) is 6.51. The Kier molecular flexibility index (Phi) is 6.53. The summed E-state index contributed by atoms with van der Waals surface area (Å²) in [6.45, 7) is 4.05. The molecular formula is C22H24F7N3O3S. The molecule has 14 heteroatoms. The van der Waals surface area contributed by atoms with Crippen molar-refractivity contribution in [3.8, 4) is 11.3 Å². The fraction of sp³-hybridized carbons (Fsp3) is 0.409. The van der Waals surface area contributed by atoms with E-state index in [4.69, 9.17) is 4.74 Å². The molecule has 2 heterocycles. The van der Waals surface area contributed by atoms with E-state index in [0.29, 0.717) is 0 Å². The van der Waals surface area contributed by atoms with E-state index in [9.17, 15) is 37.8 Å². The molecule has 0 spiro atoms. The molecule has 1 fully saturated rings. The molecule has 0 unspecified atom stereocenters. The molecule has 1 aliphatic heterocycles. The lowest BCUT2D eigenvalue weighted by molar-refractivity contribution is -0.125. The third-order valence-corrected chi connectivity index (χ3v) is 6.33. The van der Waals surface area contributed by atoms with Crippen molar-refractivity contribution in [2.24, 2.45) is 0 Å². The number of carbonyl (C=O) groups excluding carboxylic acids is 2. The topological polar surface area (TPSA) is 71.5 Å². The lowest BCUT2D eigenvalue weighted by Crippen LogP contribution is -2.47. The number of rotatable bonds is 5. The maximum Gasteiger partial charge on any atom is 0.411 e. The summed E-state index contributed by atoms with van der Waals surface area (Å²) in [6.07, 6.45) is -1.87. The second-order valence-corrected chi connectivity index (χ2v) is 11.8. The average Bonchev–Trinajstić information content (AvgIpc) is 3.12. The molecule has 1 aromatic carbocycles. The maximum absolute atomic E-state index is 14.3.